The first-order chi connectivity index (χ1) is 13.1. The molecule has 1 aromatic carbocycles. The number of benzene rings is 1. The molecule has 144 valence electrons. The summed E-state index contributed by atoms with van der Waals surface area (Å²) in [5.41, 5.74) is 4.10. The Hall–Kier alpha value is -2.37. The second-order valence-corrected chi connectivity index (χ2v) is 8.00. The van der Waals surface area contributed by atoms with E-state index in [9.17, 15) is 0 Å². The van der Waals surface area contributed by atoms with Gasteiger partial charge in [-0.3, -0.25) is 0 Å². The van der Waals surface area contributed by atoms with Gasteiger partial charge in [0.15, 0.2) is 5.82 Å². The molecule has 6 nitrogen and oxygen atoms in total. The number of piperidine rings is 1. The van der Waals surface area contributed by atoms with E-state index in [1.165, 1.54) is 29.7 Å². The normalized spacial score (nSPS) is 20.9. The topological polar surface area (TPSA) is 48.4 Å². The van der Waals surface area contributed by atoms with Gasteiger partial charge in [-0.15, -0.1) is 5.10 Å². The van der Waals surface area contributed by atoms with Crippen molar-refractivity contribution in [2.75, 3.05) is 54.0 Å². The Morgan fingerprint density at radius 3 is 2.52 bits per heavy atom. The van der Waals surface area contributed by atoms with Crippen LogP contribution in [-0.2, 0) is 0 Å². The molecule has 27 heavy (non-hydrogen) atoms. The maximum absolute atomic E-state index is 4.84. The van der Waals surface area contributed by atoms with Crippen molar-refractivity contribution in [3.8, 4) is 0 Å². The van der Waals surface area contributed by atoms with Crippen LogP contribution in [0.15, 0.2) is 24.4 Å². The van der Waals surface area contributed by atoms with Crippen molar-refractivity contribution in [3.05, 3.63) is 35.5 Å². The Morgan fingerprint density at radius 2 is 1.74 bits per heavy atom. The number of aromatic nitrogens is 3. The SMILES string of the molecule is Cc1cccc(N2CCN(c3cnnc(N4CCCC(C)C4)n3)CC2)c1C. The van der Waals surface area contributed by atoms with Crippen LogP contribution in [0.3, 0.4) is 0 Å². The van der Waals surface area contributed by atoms with Crippen LogP contribution < -0.4 is 14.7 Å². The van der Waals surface area contributed by atoms with Gasteiger partial charge in [-0.1, -0.05) is 19.1 Å². The smallest absolute Gasteiger partial charge is 0.247 e. The van der Waals surface area contributed by atoms with Crippen LogP contribution in [0, 0.1) is 19.8 Å². The van der Waals surface area contributed by atoms with E-state index in [0.29, 0.717) is 5.92 Å². The molecule has 2 saturated heterocycles. The molecule has 1 unspecified atom stereocenters. The summed E-state index contributed by atoms with van der Waals surface area (Å²) in [5.74, 6) is 2.45. The van der Waals surface area contributed by atoms with Gasteiger partial charge in [0.1, 0.15) is 0 Å². The Morgan fingerprint density at radius 1 is 0.963 bits per heavy atom. The van der Waals surface area contributed by atoms with Crippen LogP contribution in [0.4, 0.5) is 17.5 Å². The number of rotatable bonds is 3. The summed E-state index contributed by atoms with van der Waals surface area (Å²) >= 11 is 0. The van der Waals surface area contributed by atoms with Gasteiger partial charge in [-0.2, -0.15) is 10.1 Å². The fourth-order valence-electron chi connectivity index (χ4n) is 4.20. The third kappa shape index (κ3) is 3.84. The van der Waals surface area contributed by atoms with Crippen LogP contribution in [0.1, 0.15) is 30.9 Å². The van der Waals surface area contributed by atoms with Gasteiger partial charge in [0.25, 0.3) is 0 Å². The highest BCUT2D eigenvalue weighted by molar-refractivity contribution is 5.57. The fraction of sp³-hybridized carbons (Fsp3) is 0.571. The highest BCUT2D eigenvalue weighted by Gasteiger charge is 2.23. The first kappa shape index (κ1) is 18.0. The molecule has 0 N–H and O–H groups in total. The quantitative estimate of drug-likeness (QED) is 0.832. The Kier molecular flexibility index (Phi) is 5.14. The predicted molar refractivity (Wildman–Crippen MR) is 111 cm³/mol. The van der Waals surface area contributed by atoms with Crippen molar-refractivity contribution in [1.82, 2.24) is 15.2 Å². The molecule has 1 atom stereocenters. The van der Waals surface area contributed by atoms with E-state index >= 15 is 0 Å². The highest BCUT2D eigenvalue weighted by Crippen LogP contribution is 2.25. The number of hydrogen-bond donors (Lipinski definition) is 0. The minimum Gasteiger partial charge on any atom is -0.368 e. The monoisotopic (exact) mass is 366 g/mol. The molecule has 0 bridgehead atoms. The summed E-state index contributed by atoms with van der Waals surface area (Å²) in [6.45, 7) is 12.7. The van der Waals surface area contributed by atoms with E-state index < -0.39 is 0 Å². The van der Waals surface area contributed by atoms with Crippen LogP contribution in [-0.4, -0.2) is 54.4 Å². The largest absolute Gasteiger partial charge is 0.368 e. The van der Waals surface area contributed by atoms with Crippen LogP contribution in [0.5, 0.6) is 0 Å². The summed E-state index contributed by atoms with van der Waals surface area (Å²) in [6.07, 6.45) is 4.32. The van der Waals surface area contributed by atoms with Crippen molar-refractivity contribution >= 4 is 17.5 Å². The van der Waals surface area contributed by atoms with Gasteiger partial charge in [-0.25, -0.2) is 0 Å². The fourth-order valence-corrected chi connectivity index (χ4v) is 4.20. The molecule has 3 heterocycles. The highest BCUT2D eigenvalue weighted by atomic mass is 15.4. The van der Waals surface area contributed by atoms with Crippen LogP contribution in [0.25, 0.3) is 0 Å². The first-order valence-corrected chi connectivity index (χ1v) is 10.1. The maximum Gasteiger partial charge on any atom is 0.247 e. The summed E-state index contributed by atoms with van der Waals surface area (Å²) < 4.78 is 0. The van der Waals surface area contributed by atoms with E-state index in [4.69, 9.17) is 4.98 Å². The molecule has 4 rings (SSSR count). The Labute approximate surface area is 162 Å². The molecule has 2 fully saturated rings. The van der Waals surface area contributed by atoms with Crippen molar-refractivity contribution in [1.29, 1.82) is 0 Å². The third-order valence-electron chi connectivity index (χ3n) is 6.00. The average molecular weight is 367 g/mol. The summed E-state index contributed by atoms with van der Waals surface area (Å²) in [6, 6.07) is 6.58. The zero-order valence-electron chi connectivity index (χ0n) is 16.7. The van der Waals surface area contributed by atoms with Gasteiger partial charge >= 0.3 is 0 Å². The van der Waals surface area contributed by atoms with Crippen molar-refractivity contribution in [2.45, 2.75) is 33.6 Å². The molecule has 0 radical (unpaired) electrons. The lowest BCUT2D eigenvalue weighted by Crippen LogP contribution is -2.47. The number of anilines is 3. The summed E-state index contributed by atoms with van der Waals surface area (Å²) in [5, 5.41) is 8.56. The molecule has 2 aliphatic rings. The molecule has 0 spiro atoms. The minimum absolute atomic E-state index is 0.701. The van der Waals surface area contributed by atoms with Crippen LogP contribution >= 0.6 is 0 Å². The van der Waals surface area contributed by atoms with Gasteiger partial charge in [0.2, 0.25) is 5.95 Å². The van der Waals surface area contributed by atoms with E-state index in [-0.39, 0.29) is 0 Å². The number of nitrogens with zero attached hydrogens (tertiary/aromatic N) is 6. The molecule has 2 aromatic rings. The average Bonchev–Trinajstić information content (AvgIpc) is 2.70. The Balaban J connectivity index is 1.44. The second kappa shape index (κ2) is 7.71. The van der Waals surface area contributed by atoms with Gasteiger partial charge in [-0.05, 0) is 49.8 Å². The zero-order chi connectivity index (χ0) is 18.8. The first-order valence-electron chi connectivity index (χ1n) is 10.1. The third-order valence-corrected chi connectivity index (χ3v) is 6.00. The molecule has 0 aliphatic carbocycles. The number of piperazine rings is 1. The van der Waals surface area contributed by atoms with E-state index in [1.807, 2.05) is 6.20 Å². The lowest BCUT2D eigenvalue weighted by molar-refractivity contribution is 0.440. The lowest BCUT2D eigenvalue weighted by Gasteiger charge is -2.37. The molecular formula is C21H30N6. The van der Waals surface area contributed by atoms with Crippen molar-refractivity contribution in [2.24, 2.45) is 5.92 Å². The zero-order valence-corrected chi connectivity index (χ0v) is 16.7. The minimum atomic E-state index is 0.701. The van der Waals surface area contributed by atoms with Gasteiger partial charge < -0.3 is 14.7 Å². The van der Waals surface area contributed by atoms with Crippen LogP contribution in [0.2, 0.25) is 0 Å². The summed E-state index contributed by atoms with van der Waals surface area (Å²) in [4.78, 5) is 12.0. The second-order valence-electron chi connectivity index (χ2n) is 8.00. The molecule has 0 amide bonds. The Bertz CT molecular complexity index is 784. The molecular weight excluding hydrogens is 336 g/mol. The molecule has 0 saturated carbocycles. The van der Waals surface area contributed by atoms with Crippen molar-refractivity contribution < 1.29 is 0 Å². The van der Waals surface area contributed by atoms with E-state index in [1.54, 1.807) is 0 Å². The molecule has 2 aliphatic heterocycles. The van der Waals surface area contributed by atoms with Gasteiger partial charge in [0.05, 0.1) is 6.20 Å². The van der Waals surface area contributed by atoms with E-state index in [2.05, 4.69) is 63.9 Å². The van der Waals surface area contributed by atoms with Crippen molar-refractivity contribution in [3.63, 3.8) is 0 Å². The number of aryl methyl sites for hydroxylation is 1. The molecule has 1 aromatic heterocycles. The maximum atomic E-state index is 4.84. The van der Waals surface area contributed by atoms with E-state index in [0.717, 1.165) is 51.0 Å². The lowest BCUT2D eigenvalue weighted by atomic mass is 10.0. The standard InChI is InChI=1S/C21H30N6/c1-16-6-5-9-27(15-16)21-23-20(14-22-24-21)26-12-10-25(11-13-26)19-8-4-7-17(2)18(19)3/h4,7-8,14,16H,5-6,9-13,15H2,1-3H3. The van der Waals surface area contributed by atoms with Gasteiger partial charge in [0, 0.05) is 45.0 Å². The molecule has 6 heteroatoms. The number of hydrogen-bond acceptors (Lipinski definition) is 6. The summed E-state index contributed by atoms with van der Waals surface area (Å²) in [7, 11) is 0. The predicted octanol–water partition coefficient (Wildman–Crippen LogP) is 3.05.